The van der Waals surface area contributed by atoms with E-state index in [9.17, 15) is 8.42 Å². The Kier molecular flexibility index (Phi) is 3.76. The predicted molar refractivity (Wildman–Crippen MR) is 34.8 cm³/mol. The number of rotatable bonds is 3. The van der Waals surface area contributed by atoms with E-state index >= 15 is 0 Å². The molecule has 0 spiro atoms. The minimum atomic E-state index is -4.20. The summed E-state index contributed by atoms with van der Waals surface area (Å²) in [5, 5.41) is 0. The molecule has 0 bridgehead atoms. The van der Waals surface area contributed by atoms with Gasteiger partial charge in [-0.05, 0) is 0 Å². The van der Waals surface area contributed by atoms with Gasteiger partial charge in [0.15, 0.2) is 0 Å². The van der Waals surface area contributed by atoms with Crippen LogP contribution in [-0.4, -0.2) is 29.3 Å². The third-order valence-electron chi connectivity index (χ3n) is 0.593. The summed E-state index contributed by atoms with van der Waals surface area (Å²) in [6.07, 6.45) is 0. The van der Waals surface area contributed by atoms with Crippen molar-refractivity contribution in [2.75, 3.05) is 12.0 Å². The Hall–Kier alpha value is 0.450. The Bertz CT molecular complexity index is 163. The highest BCUT2D eigenvalue weighted by Gasteiger charge is 2.14. The largest absolute Gasteiger partial charge is 0.338 e. The highest BCUT2D eigenvalue weighted by molar-refractivity contribution is 7.83. The lowest BCUT2D eigenvalue weighted by atomic mass is 11.2. The Morgan fingerprint density at radius 1 is 1.33 bits per heavy atom. The van der Waals surface area contributed by atoms with Gasteiger partial charge < -0.3 is 0 Å². The van der Waals surface area contributed by atoms with Crippen LogP contribution in [0.2, 0.25) is 0 Å². The summed E-state index contributed by atoms with van der Waals surface area (Å²) < 4.78 is 28.9. The molecule has 0 heterocycles. The Morgan fingerprint density at radius 3 is 1.67 bits per heavy atom. The van der Waals surface area contributed by atoms with Gasteiger partial charge >= 0.3 is 10.3 Å². The van der Waals surface area contributed by atoms with Crippen LogP contribution in [0.4, 0.5) is 0 Å². The minimum Gasteiger partial charge on any atom is -0.273 e. The van der Waals surface area contributed by atoms with Crippen LogP contribution >= 0.6 is 23.2 Å². The number of alkyl halides is 2. The van der Waals surface area contributed by atoms with E-state index < -0.39 is 10.3 Å². The first-order chi connectivity index (χ1) is 4.02. The van der Waals surface area contributed by atoms with Crippen molar-refractivity contribution in [3.8, 4) is 0 Å². The molecule has 0 unspecified atom stereocenters. The average molecular weight is 194 g/mol. The summed E-state index contributed by atoms with van der Waals surface area (Å²) >= 11 is 10.1. The molecule has 0 atom stereocenters. The highest BCUT2D eigenvalue weighted by Crippen LogP contribution is 1.99. The first kappa shape index (κ1) is 9.45. The number of halogens is 2. The molecule has 0 aromatic heterocycles. The van der Waals surface area contributed by atoms with Crippen molar-refractivity contribution in [3.63, 3.8) is 0 Å². The normalized spacial score (nSPS) is 12.4. The van der Waals surface area contributed by atoms with E-state index in [4.69, 9.17) is 27.8 Å². The van der Waals surface area contributed by atoms with Crippen LogP contribution in [0.15, 0.2) is 0 Å². The van der Waals surface area contributed by atoms with Gasteiger partial charge in [0.1, 0.15) is 0 Å². The zero-order valence-electron chi connectivity index (χ0n) is 4.29. The van der Waals surface area contributed by atoms with Crippen LogP contribution in [0.1, 0.15) is 0 Å². The van der Waals surface area contributed by atoms with Crippen molar-refractivity contribution in [1.29, 1.82) is 0 Å². The molecular weight excluding hydrogens is 189 g/mol. The molecule has 0 radical (unpaired) electrons. The van der Waals surface area contributed by atoms with Gasteiger partial charge in [-0.3, -0.25) is 4.55 Å². The lowest BCUT2D eigenvalue weighted by Gasteiger charge is -2.09. The van der Waals surface area contributed by atoms with Crippen LogP contribution in [0.3, 0.4) is 0 Å². The van der Waals surface area contributed by atoms with Gasteiger partial charge in [-0.25, -0.2) is 0 Å². The van der Waals surface area contributed by atoms with E-state index in [1.165, 1.54) is 0 Å². The molecule has 0 aliphatic heterocycles. The summed E-state index contributed by atoms with van der Waals surface area (Å²) in [5.41, 5.74) is 0. The van der Waals surface area contributed by atoms with Gasteiger partial charge in [-0.2, -0.15) is 8.42 Å². The maximum Gasteiger partial charge on any atom is 0.338 e. The molecule has 0 saturated carbocycles. The van der Waals surface area contributed by atoms with Crippen LogP contribution in [0.25, 0.3) is 0 Å². The molecule has 56 valence electrons. The monoisotopic (exact) mass is 193 g/mol. The summed E-state index contributed by atoms with van der Waals surface area (Å²) in [5.74, 6) is 0. The molecule has 0 rings (SSSR count). The van der Waals surface area contributed by atoms with E-state index in [1.807, 2.05) is 0 Å². The zero-order chi connectivity index (χ0) is 7.49. The Morgan fingerprint density at radius 2 is 1.67 bits per heavy atom. The fourth-order valence-corrected chi connectivity index (χ4v) is 1.40. The lowest BCUT2D eigenvalue weighted by Crippen LogP contribution is -2.27. The summed E-state index contributed by atoms with van der Waals surface area (Å²) in [7, 11) is -4.20. The van der Waals surface area contributed by atoms with Crippen molar-refractivity contribution in [2.45, 2.75) is 0 Å². The fraction of sp³-hybridized carbons (Fsp3) is 1.00. The minimum absolute atomic E-state index is 0.345. The average Bonchev–Trinajstić information content (AvgIpc) is 1.65. The second-order valence-corrected chi connectivity index (χ2v) is 3.06. The van der Waals surface area contributed by atoms with Gasteiger partial charge in [0.05, 0.1) is 12.0 Å². The van der Waals surface area contributed by atoms with Crippen molar-refractivity contribution < 1.29 is 13.0 Å². The van der Waals surface area contributed by atoms with E-state index in [0.717, 1.165) is 0 Å². The molecule has 7 heteroatoms. The molecule has 0 aromatic rings. The van der Waals surface area contributed by atoms with Gasteiger partial charge in [0.25, 0.3) is 0 Å². The first-order valence-electron chi connectivity index (χ1n) is 1.87. The highest BCUT2D eigenvalue weighted by atomic mass is 35.5. The molecule has 0 saturated heterocycles. The Labute approximate surface area is 63.2 Å². The van der Waals surface area contributed by atoms with Crippen LogP contribution in [0.5, 0.6) is 0 Å². The van der Waals surface area contributed by atoms with Gasteiger partial charge in [-0.15, -0.1) is 27.5 Å². The molecule has 0 aliphatic carbocycles. The third kappa shape index (κ3) is 3.22. The number of hydrogen-bond donors (Lipinski definition) is 1. The zero-order valence-corrected chi connectivity index (χ0v) is 6.62. The summed E-state index contributed by atoms with van der Waals surface area (Å²) in [6, 6.07) is -0.690. The standard InChI is InChI=1S/C2H5Cl2NO3S/c3-1-5(2-4)9(6,7)8/h1-2H2,(H,6,7,8). The van der Waals surface area contributed by atoms with Crippen molar-refractivity contribution in [2.24, 2.45) is 0 Å². The molecule has 0 fully saturated rings. The molecule has 4 nitrogen and oxygen atoms in total. The Balaban J connectivity index is 4.14. The molecule has 0 aromatic carbocycles. The van der Waals surface area contributed by atoms with Gasteiger partial charge in [-0.1, -0.05) is 0 Å². The number of nitrogens with zero attached hydrogens (tertiary/aromatic N) is 1. The fourth-order valence-electron chi connectivity index (χ4n) is 0.155. The number of hydrogen-bond acceptors (Lipinski definition) is 2. The summed E-state index contributed by atoms with van der Waals surface area (Å²) in [6.45, 7) is 0. The van der Waals surface area contributed by atoms with Crippen molar-refractivity contribution >= 4 is 33.5 Å². The molecule has 0 amide bonds. The van der Waals surface area contributed by atoms with Crippen LogP contribution < -0.4 is 0 Å². The van der Waals surface area contributed by atoms with Crippen molar-refractivity contribution in [3.05, 3.63) is 0 Å². The maximum absolute atomic E-state index is 10.1. The molecule has 0 aliphatic rings. The first-order valence-corrected chi connectivity index (χ1v) is 4.33. The molecular formula is C2H5Cl2NO3S. The maximum atomic E-state index is 10.1. The second-order valence-electron chi connectivity index (χ2n) is 1.17. The topological polar surface area (TPSA) is 57.6 Å². The lowest BCUT2D eigenvalue weighted by molar-refractivity contribution is 0.403. The van der Waals surface area contributed by atoms with Crippen LogP contribution in [0, 0.1) is 0 Å². The SMILES string of the molecule is O=S(=O)(O)N(CCl)CCl. The van der Waals surface area contributed by atoms with Gasteiger partial charge in [0.2, 0.25) is 0 Å². The van der Waals surface area contributed by atoms with E-state index in [1.54, 1.807) is 0 Å². The van der Waals surface area contributed by atoms with E-state index in [-0.39, 0.29) is 12.0 Å². The quantitative estimate of drug-likeness (QED) is 0.404. The smallest absolute Gasteiger partial charge is 0.273 e. The third-order valence-corrected chi connectivity index (χ3v) is 2.36. The van der Waals surface area contributed by atoms with Crippen molar-refractivity contribution in [1.82, 2.24) is 4.31 Å². The van der Waals surface area contributed by atoms with E-state index in [0.29, 0.717) is 4.31 Å². The van der Waals surface area contributed by atoms with Crippen LogP contribution in [-0.2, 0) is 10.3 Å². The predicted octanol–water partition coefficient (Wildman–Crippen LogP) is 0.484. The molecule has 1 N–H and O–H groups in total. The second kappa shape index (κ2) is 3.58. The molecule has 9 heavy (non-hydrogen) atoms. The summed E-state index contributed by atoms with van der Waals surface area (Å²) in [4.78, 5) is 0. The van der Waals surface area contributed by atoms with Gasteiger partial charge in [0, 0.05) is 0 Å². The van der Waals surface area contributed by atoms with E-state index in [2.05, 4.69) is 0 Å².